The lowest BCUT2D eigenvalue weighted by atomic mass is 10.1. The Bertz CT molecular complexity index is 1300. The van der Waals surface area contributed by atoms with E-state index in [-0.39, 0.29) is 17.3 Å². The highest BCUT2D eigenvalue weighted by Gasteiger charge is 2.33. The minimum Gasteiger partial charge on any atom is -0.357 e. The lowest BCUT2D eigenvalue weighted by Crippen LogP contribution is -2.51. The van der Waals surface area contributed by atoms with Gasteiger partial charge in [-0.05, 0) is 60.9 Å². The van der Waals surface area contributed by atoms with Crippen molar-refractivity contribution >= 4 is 39.1 Å². The molecule has 3 aromatic carbocycles. The Balaban J connectivity index is 2.05. The molecular formula is C27H30ClN3O4S. The van der Waals surface area contributed by atoms with Crippen molar-refractivity contribution in [1.29, 1.82) is 0 Å². The third kappa shape index (κ3) is 6.25. The van der Waals surface area contributed by atoms with Crippen molar-refractivity contribution in [3.63, 3.8) is 0 Å². The number of amides is 2. The van der Waals surface area contributed by atoms with Crippen molar-refractivity contribution in [2.24, 2.45) is 0 Å². The van der Waals surface area contributed by atoms with E-state index in [0.29, 0.717) is 17.1 Å². The molecule has 0 heterocycles. The van der Waals surface area contributed by atoms with E-state index in [9.17, 15) is 18.0 Å². The first-order valence-electron chi connectivity index (χ1n) is 11.6. The Kier molecular flexibility index (Phi) is 9.12. The number of rotatable bonds is 10. The standard InChI is InChI=1S/C27H30ClN3O4S/c1-4-25(27(33)29-3)30(18-21-11-9-8-10-20(21)2)26(32)19-31(23-16-14-22(28)15-17-23)36(34,35)24-12-6-5-7-13-24/h5-17,25H,4,18-19H2,1-3H3,(H,29,33)/t25-/m0/s1. The zero-order valence-corrected chi connectivity index (χ0v) is 22.1. The monoisotopic (exact) mass is 527 g/mol. The topological polar surface area (TPSA) is 86.8 Å². The van der Waals surface area contributed by atoms with Crippen LogP contribution in [0.3, 0.4) is 0 Å². The summed E-state index contributed by atoms with van der Waals surface area (Å²) in [7, 11) is -2.58. The summed E-state index contributed by atoms with van der Waals surface area (Å²) >= 11 is 6.03. The molecule has 1 atom stereocenters. The van der Waals surface area contributed by atoms with Gasteiger partial charge in [-0.3, -0.25) is 13.9 Å². The van der Waals surface area contributed by atoms with Gasteiger partial charge >= 0.3 is 0 Å². The predicted octanol–water partition coefficient (Wildman–Crippen LogP) is 4.40. The zero-order chi connectivity index (χ0) is 26.3. The molecule has 0 saturated heterocycles. The first-order valence-corrected chi connectivity index (χ1v) is 13.4. The van der Waals surface area contributed by atoms with Gasteiger partial charge in [-0.15, -0.1) is 0 Å². The summed E-state index contributed by atoms with van der Waals surface area (Å²) in [5.41, 5.74) is 2.13. The molecule has 0 saturated carbocycles. The summed E-state index contributed by atoms with van der Waals surface area (Å²) in [5, 5.41) is 3.06. The number of hydrogen-bond donors (Lipinski definition) is 1. The fourth-order valence-electron chi connectivity index (χ4n) is 3.91. The minimum atomic E-state index is -4.09. The van der Waals surface area contributed by atoms with Crippen LogP contribution in [0.4, 0.5) is 5.69 Å². The molecule has 0 radical (unpaired) electrons. The highest BCUT2D eigenvalue weighted by molar-refractivity contribution is 7.92. The third-order valence-electron chi connectivity index (χ3n) is 5.96. The average molecular weight is 528 g/mol. The zero-order valence-electron chi connectivity index (χ0n) is 20.5. The van der Waals surface area contributed by atoms with Gasteiger partial charge < -0.3 is 10.2 Å². The number of halogens is 1. The molecule has 0 bridgehead atoms. The van der Waals surface area contributed by atoms with Crippen LogP contribution in [0.5, 0.6) is 0 Å². The van der Waals surface area contributed by atoms with E-state index in [4.69, 9.17) is 11.6 Å². The quantitative estimate of drug-likeness (QED) is 0.423. The maximum absolute atomic E-state index is 13.8. The summed E-state index contributed by atoms with van der Waals surface area (Å²) < 4.78 is 28.4. The van der Waals surface area contributed by atoms with Crippen molar-refractivity contribution in [3.05, 3.63) is 95.0 Å². The molecule has 0 spiro atoms. The number of hydrogen-bond acceptors (Lipinski definition) is 4. The van der Waals surface area contributed by atoms with Crippen molar-refractivity contribution in [2.45, 2.75) is 37.8 Å². The molecule has 0 aliphatic carbocycles. The second kappa shape index (κ2) is 12.1. The molecule has 0 aromatic heterocycles. The Morgan fingerprint density at radius 1 is 0.944 bits per heavy atom. The van der Waals surface area contributed by atoms with E-state index in [1.54, 1.807) is 42.5 Å². The first-order chi connectivity index (χ1) is 17.2. The number of benzene rings is 3. The Labute approximate surface area is 217 Å². The number of nitrogens with one attached hydrogen (secondary N) is 1. The van der Waals surface area contributed by atoms with E-state index >= 15 is 0 Å². The molecule has 3 aromatic rings. The summed E-state index contributed by atoms with van der Waals surface area (Å²) in [6, 6.07) is 21.0. The van der Waals surface area contributed by atoms with Crippen LogP contribution < -0.4 is 9.62 Å². The molecule has 0 aliphatic rings. The Morgan fingerprint density at radius 3 is 2.14 bits per heavy atom. The van der Waals surface area contributed by atoms with Gasteiger partial charge in [-0.1, -0.05) is 61.0 Å². The van der Waals surface area contributed by atoms with Crippen molar-refractivity contribution in [3.8, 4) is 0 Å². The normalized spacial score (nSPS) is 12.0. The summed E-state index contributed by atoms with van der Waals surface area (Å²) in [5.74, 6) is -0.813. The van der Waals surface area contributed by atoms with Crippen molar-refractivity contribution in [1.82, 2.24) is 10.2 Å². The summed E-state index contributed by atoms with van der Waals surface area (Å²) in [6.45, 7) is 3.42. The van der Waals surface area contributed by atoms with E-state index in [0.717, 1.165) is 15.4 Å². The van der Waals surface area contributed by atoms with E-state index in [1.165, 1.54) is 24.1 Å². The fourth-order valence-corrected chi connectivity index (χ4v) is 5.47. The number of carbonyl (C=O) groups is 2. The van der Waals surface area contributed by atoms with Gasteiger partial charge in [0.2, 0.25) is 11.8 Å². The number of sulfonamides is 1. The maximum Gasteiger partial charge on any atom is 0.264 e. The van der Waals surface area contributed by atoms with Gasteiger partial charge in [-0.25, -0.2) is 8.42 Å². The predicted molar refractivity (Wildman–Crippen MR) is 142 cm³/mol. The lowest BCUT2D eigenvalue weighted by Gasteiger charge is -2.33. The van der Waals surface area contributed by atoms with Crippen LogP contribution in [0.1, 0.15) is 24.5 Å². The third-order valence-corrected chi connectivity index (χ3v) is 8.00. The van der Waals surface area contributed by atoms with Crippen LogP contribution in [0.15, 0.2) is 83.8 Å². The first kappa shape index (κ1) is 27.2. The highest BCUT2D eigenvalue weighted by Crippen LogP contribution is 2.26. The fraction of sp³-hybridized carbons (Fsp3) is 0.259. The molecule has 3 rings (SSSR count). The number of aryl methyl sites for hydroxylation is 1. The smallest absolute Gasteiger partial charge is 0.264 e. The lowest BCUT2D eigenvalue weighted by molar-refractivity contribution is -0.140. The summed E-state index contributed by atoms with van der Waals surface area (Å²) in [6.07, 6.45) is 0.365. The van der Waals surface area contributed by atoms with Crippen LogP contribution in [0.2, 0.25) is 5.02 Å². The number of nitrogens with zero attached hydrogens (tertiary/aromatic N) is 2. The number of likely N-dealkylation sites (N-methyl/N-ethyl adjacent to an activating group) is 1. The second-order valence-electron chi connectivity index (χ2n) is 8.29. The molecule has 0 fully saturated rings. The molecule has 36 heavy (non-hydrogen) atoms. The van der Waals surface area contributed by atoms with E-state index < -0.39 is 28.5 Å². The van der Waals surface area contributed by atoms with Gasteiger partial charge in [0.05, 0.1) is 10.6 Å². The Morgan fingerprint density at radius 2 is 1.56 bits per heavy atom. The van der Waals surface area contributed by atoms with E-state index in [1.807, 2.05) is 38.1 Å². The molecule has 1 N–H and O–H groups in total. The molecular weight excluding hydrogens is 498 g/mol. The van der Waals surface area contributed by atoms with Gasteiger partial charge in [0.1, 0.15) is 12.6 Å². The Hall–Kier alpha value is -3.36. The van der Waals surface area contributed by atoms with Gasteiger partial charge in [0, 0.05) is 18.6 Å². The molecule has 9 heteroatoms. The van der Waals surface area contributed by atoms with Gasteiger partial charge in [0.15, 0.2) is 0 Å². The summed E-state index contributed by atoms with van der Waals surface area (Å²) in [4.78, 5) is 28.0. The molecule has 0 aliphatic heterocycles. The van der Waals surface area contributed by atoms with Crippen LogP contribution in [0.25, 0.3) is 0 Å². The molecule has 2 amide bonds. The number of carbonyl (C=O) groups excluding carboxylic acids is 2. The van der Waals surface area contributed by atoms with Gasteiger partial charge in [-0.2, -0.15) is 0 Å². The van der Waals surface area contributed by atoms with Crippen LogP contribution in [-0.2, 0) is 26.2 Å². The van der Waals surface area contributed by atoms with Crippen molar-refractivity contribution < 1.29 is 18.0 Å². The molecule has 190 valence electrons. The van der Waals surface area contributed by atoms with Crippen LogP contribution in [0, 0.1) is 6.92 Å². The van der Waals surface area contributed by atoms with E-state index in [2.05, 4.69) is 5.32 Å². The van der Waals surface area contributed by atoms with Gasteiger partial charge in [0.25, 0.3) is 10.0 Å². The van der Waals surface area contributed by atoms with Crippen LogP contribution in [-0.4, -0.2) is 44.8 Å². The molecule has 0 unspecified atom stereocenters. The number of anilines is 1. The maximum atomic E-state index is 13.8. The van der Waals surface area contributed by atoms with Crippen molar-refractivity contribution in [2.75, 3.05) is 17.9 Å². The SMILES string of the molecule is CC[C@@H](C(=O)NC)N(Cc1ccccc1C)C(=O)CN(c1ccc(Cl)cc1)S(=O)(=O)c1ccccc1. The minimum absolute atomic E-state index is 0.0524. The van der Waals surface area contributed by atoms with Crippen LogP contribution >= 0.6 is 11.6 Å². The average Bonchev–Trinajstić information content (AvgIpc) is 2.89. The molecule has 7 nitrogen and oxygen atoms in total. The highest BCUT2D eigenvalue weighted by atomic mass is 35.5. The largest absolute Gasteiger partial charge is 0.357 e. The second-order valence-corrected chi connectivity index (χ2v) is 10.6.